The molecule has 7 nitrogen and oxygen atoms in total. The molecule has 0 atom stereocenters. The highest BCUT2D eigenvalue weighted by molar-refractivity contribution is 5.88. The lowest BCUT2D eigenvalue weighted by Crippen LogP contribution is -2.27. The van der Waals surface area contributed by atoms with E-state index in [4.69, 9.17) is 10.5 Å². The molecule has 0 saturated carbocycles. The number of nitrogens with one attached hydrogen (secondary N) is 3. The van der Waals surface area contributed by atoms with Crippen LogP contribution in [0.25, 0.3) is 21.8 Å². The van der Waals surface area contributed by atoms with Crippen LogP contribution in [0.15, 0.2) is 58.8 Å². The van der Waals surface area contributed by atoms with Gasteiger partial charge in [0.05, 0.1) is 13.7 Å². The van der Waals surface area contributed by atoms with Crippen molar-refractivity contribution in [1.29, 1.82) is 0 Å². The van der Waals surface area contributed by atoms with Gasteiger partial charge in [-0.3, -0.25) is 0 Å². The number of aliphatic imine (C=N–C) groups is 1. The molecule has 2 aromatic carbocycles. The summed E-state index contributed by atoms with van der Waals surface area (Å²) in [5.74, 6) is 1.12. The summed E-state index contributed by atoms with van der Waals surface area (Å²) >= 11 is 0. The predicted octanol–water partition coefficient (Wildman–Crippen LogP) is 3.60. The summed E-state index contributed by atoms with van der Waals surface area (Å²) in [6.07, 6.45) is 4.42. The van der Waals surface area contributed by atoms with Crippen molar-refractivity contribution in [2.75, 3.05) is 7.11 Å². The fourth-order valence-electron chi connectivity index (χ4n) is 3.47. The molecule has 7 heteroatoms. The second-order valence-electron chi connectivity index (χ2n) is 6.83. The summed E-state index contributed by atoms with van der Waals surface area (Å²) in [6.45, 7) is 2.54. The number of aryl methyl sites for hydroxylation is 1. The van der Waals surface area contributed by atoms with E-state index >= 15 is 0 Å². The number of methoxy groups -OCH3 is 1. The molecule has 0 aliphatic heterocycles. The number of aromatic nitrogens is 2. The number of H-pyrrole nitrogens is 2. The first kappa shape index (κ1) is 18.6. The van der Waals surface area contributed by atoms with E-state index in [2.05, 4.69) is 38.5 Å². The van der Waals surface area contributed by atoms with Crippen molar-refractivity contribution in [2.45, 2.75) is 19.9 Å². The minimum absolute atomic E-state index is 0.281. The maximum Gasteiger partial charge on any atom is 0.209 e. The fourth-order valence-corrected chi connectivity index (χ4v) is 3.47. The second-order valence-corrected chi connectivity index (χ2v) is 6.83. The van der Waals surface area contributed by atoms with Crippen LogP contribution in [0.5, 0.6) is 5.75 Å². The summed E-state index contributed by atoms with van der Waals surface area (Å²) in [6, 6.07) is 14.1. The van der Waals surface area contributed by atoms with Gasteiger partial charge in [-0.15, -0.1) is 0 Å². The molecule has 148 valence electrons. The summed E-state index contributed by atoms with van der Waals surface area (Å²) < 4.78 is 5.33. The molecule has 5 N–H and O–H groups in total. The Kier molecular flexibility index (Phi) is 5.20. The van der Waals surface area contributed by atoms with Crippen molar-refractivity contribution < 1.29 is 4.74 Å². The zero-order valence-corrected chi connectivity index (χ0v) is 16.5. The van der Waals surface area contributed by atoms with Gasteiger partial charge in [0.1, 0.15) is 5.75 Å². The largest absolute Gasteiger partial charge is 0.497 e. The van der Waals surface area contributed by atoms with E-state index in [1.54, 1.807) is 13.3 Å². The number of nitrogens with zero attached hydrogens (tertiary/aromatic N) is 2. The summed E-state index contributed by atoms with van der Waals surface area (Å²) in [7, 11) is 1.67. The van der Waals surface area contributed by atoms with Gasteiger partial charge < -0.3 is 20.4 Å². The Morgan fingerprint density at radius 1 is 1.17 bits per heavy atom. The van der Waals surface area contributed by atoms with Gasteiger partial charge in [-0.2, -0.15) is 5.10 Å². The van der Waals surface area contributed by atoms with Crippen LogP contribution in [-0.4, -0.2) is 29.3 Å². The molecule has 2 heterocycles. The Balaban J connectivity index is 1.39. The molecule has 0 fully saturated rings. The number of hydrogen-bond acceptors (Lipinski definition) is 3. The van der Waals surface area contributed by atoms with Crippen LogP contribution in [0.1, 0.15) is 16.8 Å². The van der Waals surface area contributed by atoms with E-state index in [-0.39, 0.29) is 5.96 Å². The Morgan fingerprint density at radius 3 is 2.90 bits per heavy atom. The third-order valence-corrected chi connectivity index (χ3v) is 4.99. The molecule has 2 aromatic heterocycles. The van der Waals surface area contributed by atoms with Crippen LogP contribution in [0, 0.1) is 6.92 Å². The molecule has 0 spiro atoms. The number of guanidine groups is 1. The van der Waals surface area contributed by atoms with Gasteiger partial charge in [0.15, 0.2) is 0 Å². The third-order valence-electron chi connectivity index (χ3n) is 4.99. The van der Waals surface area contributed by atoms with Crippen molar-refractivity contribution >= 4 is 34.0 Å². The van der Waals surface area contributed by atoms with Crippen LogP contribution in [0.4, 0.5) is 0 Å². The SMILES string of the molecule is COc1ccc2[nH]c(C)c(CC=NNC(N)=NCc3c[nH]c4ccccc34)c2c1. The van der Waals surface area contributed by atoms with Gasteiger partial charge in [0, 0.05) is 46.3 Å². The smallest absolute Gasteiger partial charge is 0.209 e. The number of fused-ring (bicyclic) bond motifs is 2. The summed E-state index contributed by atoms with van der Waals surface area (Å²) in [5.41, 5.74) is 14.3. The first-order valence-corrected chi connectivity index (χ1v) is 9.43. The molecule has 29 heavy (non-hydrogen) atoms. The van der Waals surface area contributed by atoms with E-state index in [1.165, 1.54) is 5.56 Å². The average Bonchev–Trinajstić information content (AvgIpc) is 3.29. The number of hydrogen-bond donors (Lipinski definition) is 4. The van der Waals surface area contributed by atoms with Crippen LogP contribution >= 0.6 is 0 Å². The maximum atomic E-state index is 5.94. The highest BCUT2D eigenvalue weighted by atomic mass is 16.5. The molecule has 0 radical (unpaired) electrons. The maximum absolute atomic E-state index is 5.94. The molecule has 0 aliphatic rings. The lowest BCUT2D eigenvalue weighted by molar-refractivity contribution is 0.415. The number of rotatable bonds is 6. The van der Waals surface area contributed by atoms with Crippen molar-refractivity contribution in [1.82, 2.24) is 15.4 Å². The molecule has 0 bridgehead atoms. The Labute approximate surface area is 168 Å². The zero-order chi connectivity index (χ0) is 20.2. The minimum Gasteiger partial charge on any atom is -0.497 e. The van der Waals surface area contributed by atoms with E-state index in [1.807, 2.05) is 42.6 Å². The summed E-state index contributed by atoms with van der Waals surface area (Å²) in [4.78, 5) is 11.0. The molecule has 0 aliphatic carbocycles. The van der Waals surface area contributed by atoms with Crippen molar-refractivity contribution in [3.05, 3.63) is 65.5 Å². The first-order chi connectivity index (χ1) is 14.2. The summed E-state index contributed by atoms with van der Waals surface area (Å²) in [5, 5.41) is 6.50. The van der Waals surface area contributed by atoms with Gasteiger partial charge >= 0.3 is 0 Å². The van der Waals surface area contributed by atoms with Crippen molar-refractivity contribution in [3.8, 4) is 5.75 Å². The average molecular weight is 388 g/mol. The van der Waals surface area contributed by atoms with Gasteiger partial charge in [-0.05, 0) is 42.3 Å². The number of aromatic amines is 2. The highest BCUT2D eigenvalue weighted by Gasteiger charge is 2.08. The zero-order valence-electron chi connectivity index (χ0n) is 16.5. The van der Waals surface area contributed by atoms with Crippen LogP contribution in [-0.2, 0) is 13.0 Å². The van der Waals surface area contributed by atoms with Crippen molar-refractivity contribution in [2.24, 2.45) is 15.8 Å². The van der Waals surface area contributed by atoms with Crippen LogP contribution in [0.3, 0.4) is 0 Å². The predicted molar refractivity (Wildman–Crippen MR) is 119 cm³/mol. The molecular weight excluding hydrogens is 364 g/mol. The van der Waals surface area contributed by atoms with E-state index in [0.717, 1.165) is 38.8 Å². The van der Waals surface area contributed by atoms with E-state index in [9.17, 15) is 0 Å². The molecule has 4 rings (SSSR count). The lowest BCUT2D eigenvalue weighted by Gasteiger charge is -2.01. The fraction of sp³-hybridized carbons (Fsp3) is 0.182. The number of ether oxygens (including phenoxy) is 1. The normalized spacial score (nSPS) is 12.3. The van der Waals surface area contributed by atoms with E-state index in [0.29, 0.717) is 13.0 Å². The van der Waals surface area contributed by atoms with Gasteiger partial charge in [-0.1, -0.05) is 18.2 Å². The van der Waals surface area contributed by atoms with Gasteiger partial charge in [0.2, 0.25) is 5.96 Å². The number of nitrogens with two attached hydrogens (primary N) is 1. The Bertz CT molecular complexity index is 1200. The molecule has 0 saturated heterocycles. The monoisotopic (exact) mass is 388 g/mol. The minimum atomic E-state index is 0.281. The second kappa shape index (κ2) is 8.10. The van der Waals surface area contributed by atoms with Gasteiger partial charge in [0.25, 0.3) is 0 Å². The van der Waals surface area contributed by atoms with Crippen LogP contribution < -0.4 is 15.9 Å². The van der Waals surface area contributed by atoms with Crippen molar-refractivity contribution in [3.63, 3.8) is 0 Å². The molecule has 0 amide bonds. The Hall–Kier alpha value is -3.74. The van der Waals surface area contributed by atoms with Crippen LogP contribution in [0.2, 0.25) is 0 Å². The third kappa shape index (κ3) is 3.94. The highest BCUT2D eigenvalue weighted by Crippen LogP contribution is 2.26. The topological polar surface area (TPSA) is 104 Å². The molecular formula is C22H24N6O. The first-order valence-electron chi connectivity index (χ1n) is 9.43. The molecule has 4 aromatic rings. The standard InChI is InChI=1S/C22H24N6O/c1-14-17(19-11-16(29-2)7-8-21(19)27-14)9-10-26-28-22(23)25-13-15-12-24-20-6-4-3-5-18(15)20/h3-8,10-12,24,27H,9,13H2,1-2H3,(H3,23,25,28). The number of hydrazone groups is 1. The number of para-hydroxylation sites is 1. The van der Waals surface area contributed by atoms with E-state index < -0.39 is 0 Å². The molecule has 0 unspecified atom stereocenters. The van der Waals surface area contributed by atoms with Gasteiger partial charge in [-0.25, -0.2) is 10.4 Å². The number of benzene rings is 2. The quantitative estimate of drug-likeness (QED) is 0.230. The Morgan fingerprint density at radius 2 is 2.03 bits per heavy atom. The lowest BCUT2D eigenvalue weighted by atomic mass is 10.1.